The predicted octanol–water partition coefficient (Wildman–Crippen LogP) is 3.96. The number of rotatable bonds is 3. The number of carboxylic acids is 1. The van der Waals surface area contributed by atoms with Crippen molar-refractivity contribution in [2.24, 2.45) is 0 Å². The number of benzene rings is 2. The lowest BCUT2D eigenvalue weighted by Crippen LogP contribution is -2.02. The van der Waals surface area contributed by atoms with E-state index >= 15 is 0 Å². The van der Waals surface area contributed by atoms with E-state index in [4.69, 9.17) is 10.00 Å². The first-order chi connectivity index (χ1) is 9.52. The average Bonchev–Trinajstić information content (AvgIpc) is 2.42. The van der Waals surface area contributed by atoms with Gasteiger partial charge in [-0.25, -0.2) is 4.79 Å². The van der Waals surface area contributed by atoms with Crippen molar-refractivity contribution in [2.45, 2.75) is 6.92 Å². The quantitative estimate of drug-likeness (QED) is 0.820. The summed E-state index contributed by atoms with van der Waals surface area (Å²) in [6, 6.07) is 12.1. The van der Waals surface area contributed by atoms with Crippen LogP contribution in [0.25, 0.3) is 0 Å². The molecule has 0 bridgehead atoms. The highest BCUT2D eigenvalue weighted by atomic mass is 127. The Morgan fingerprint density at radius 2 is 2.10 bits per heavy atom. The first-order valence-corrected chi connectivity index (χ1v) is 6.81. The molecule has 0 unspecified atom stereocenters. The van der Waals surface area contributed by atoms with E-state index in [9.17, 15) is 9.90 Å². The maximum atomic E-state index is 11.3. The van der Waals surface area contributed by atoms with Crippen LogP contribution in [-0.2, 0) is 0 Å². The van der Waals surface area contributed by atoms with Gasteiger partial charge in [0.25, 0.3) is 0 Å². The van der Waals surface area contributed by atoms with Crippen molar-refractivity contribution in [1.82, 2.24) is 0 Å². The number of carbonyl (C=O) groups is 1. The lowest BCUT2D eigenvalue weighted by Gasteiger charge is -2.12. The van der Waals surface area contributed by atoms with E-state index in [-0.39, 0.29) is 11.3 Å². The van der Waals surface area contributed by atoms with E-state index in [2.05, 4.69) is 0 Å². The number of aryl methyl sites for hydroxylation is 1. The minimum Gasteiger partial charge on any atom is -0.478 e. The van der Waals surface area contributed by atoms with Crippen molar-refractivity contribution in [3.63, 3.8) is 0 Å². The number of para-hydroxylation sites is 1. The van der Waals surface area contributed by atoms with Gasteiger partial charge in [-0.3, -0.25) is 0 Å². The van der Waals surface area contributed by atoms with Gasteiger partial charge in [-0.1, -0.05) is 12.1 Å². The molecule has 0 atom stereocenters. The Bertz CT molecular complexity index is 720. The molecule has 0 fully saturated rings. The molecule has 1 N–H and O–H groups in total. The molecule has 4 nitrogen and oxygen atoms in total. The van der Waals surface area contributed by atoms with Gasteiger partial charge in [0.2, 0.25) is 0 Å². The maximum absolute atomic E-state index is 11.3. The molecule has 0 aromatic heterocycles. The number of aromatic carboxylic acids is 1. The third-order valence-electron chi connectivity index (χ3n) is 2.72. The molecule has 0 aliphatic carbocycles. The molecule has 0 aliphatic heterocycles. The van der Waals surface area contributed by atoms with Gasteiger partial charge in [-0.15, -0.1) is 0 Å². The second-order valence-electron chi connectivity index (χ2n) is 4.11. The number of hydrogen-bond donors (Lipinski definition) is 1. The normalized spacial score (nSPS) is 9.85. The third-order valence-corrected chi connectivity index (χ3v) is 3.39. The van der Waals surface area contributed by atoms with Gasteiger partial charge in [0.05, 0.1) is 5.56 Å². The standard InChI is InChI=1S/C15H10INO3/c1-9-3-2-4-10(8-17)14(9)20-13-6-5-11(16)7-12(13)15(18)19/h2-7H,1H3,(H,18,19). The van der Waals surface area contributed by atoms with Crippen molar-refractivity contribution in [2.75, 3.05) is 0 Å². The average molecular weight is 379 g/mol. The zero-order valence-corrected chi connectivity index (χ0v) is 12.7. The minimum atomic E-state index is -1.06. The fourth-order valence-electron chi connectivity index (χ4n) is 1.74. The fraction of sp³-hybridized carbons (Fsp3) is 0.0667. The van der Waals surface area contributed by atoms with Crippen molar-refractivity contribution < 1.29 is 14.6 Å². The van der Waals surface area contributed by atoms with Gasteiger partial charge in [0.1, 0.15) is 23.1 Å². The Kier molecular flexibility index (Phi) is 4.25. The smallest absolute Gasteiger partial charge is 0.339 e. The molecule has 20 heavy (non-hydrogen) atoms. The maximum Gasteiger partial charge on any atom is 0.339 e. The van der Waals surface area contributed by atoms with Gasteiger partial charge < -0.3 is 9.84 Å². The fourth-order valence-corrected chi connectivity index (χ4v) is 2.24. The number of nitriles is 1. The van der Waals surface area contributed by atoms with Crippen LogP contribution in [0.4, 0.5) is 0 Å². The van der Waals surface area contributed by atoms with Crippen LogP contribution in [0, 0.1) is 21.8 Å². The molecule has 100 valence electrons. The number of halogens is 1. The van der Waals surface area contributed by atoms with Crippen LogP contribution < -0.4 is 4.74 Å². The summed E-state index contributed by atoms with van der Waals surface area (Å²) in [5.41, 5.74) is 1.22. The van der Waals surface area contributed by atoms with E-state index in [0.717, 1.165) is 9.13 Å². The number of hydrogen-bond acceptors (Lipinski definition) is 3. The van der Waals surface area contributed by atoms with E-state index < -0.39 is 5.97 Å². The van der Waals surface area contributed by atoms with E-state index in [1.807, 2.05) is 41.7 Å². The van der Waals surface area contributed by atoms with Gasteiger partial charge in [0, 0.05) is 3.57 Å². The molecular formula is C15H10INO3. The molecule has 2 aromatic carbocycles. The Morgan fingerprint density at radius 1 is 1.35 bits per heavy atom. The van der Waals surface area contributed by atoms with Crippen LogP contribution >= 0.6 is 22.6 Å². The molecule has 2 aromatic rings. The number of carboxylic acid groups (broad SMARTS) is 1. The van der Waals surface area contributed by atoms with Gasteiger partial charge >= 0.3 is 5.97 Å². The molecule has 0 radical (unpaired) electrons. The van der Waals surface area contributed by atoms with Gasteiger partial charge in [-0.05, 0) is 59.3 Å². The Hall–Kier alpha value is -2.07. The van der Waals surface area contributed by atoms with Crippen molar-refractivity contribution in [3.8, 4) is 17.6 Å². The molecule has 0 amide bonds. The number of ether oxygens (including phenoxy) is 1. The highest BCUT2D eigenvalue weighted by Crippen LogP contribution is 2.31. The van der Waals surface area contributed by atoms with Crippen LogP contribution in [0.5, 0.6) is 11.5 Å². The SMILES string of the molecule is Cc1cccc(C#N)c1Oc1ccc(I)cc1C(=O)O. The van der Waals surface area contributed by atoms with Crippen molar-refractivity contribution >= 4 is 28.6 Å². The molecule has 5 heteroatoms. The Morgan fingerprint density at radius 3 is 2.75 bits per heavy atom. The second-order valence-corrected chi connectivity index (χ2v) is 5.36. The molecular weight excluding hydrogens is 369 g/mol. The summed E-state index contributed by atoms with van der Waals surface area (Å²) in [5.74, 6) is -0.451. The van der Waals surface area contributed by atoms with E-state index in [1.165, 1.54) is 6.07 Å². The molecule has 0 saturated heterocycles. The third kappa shape index (κ3) is 2.91. The molecule has 0 heterocycles. The molecule has 0 saturated carbocycles. The van der Waals surface area contributed by atoms with E-state index in [1.54, 1.807) is 24.3 Å². The van der Waals surface area contributed by atoms with Crippen molar-refractivity contribution in [3.05, 3.63) is 56.7 Å². The molecule has 0 aliphatic rings. The highest BCUT2D eigenvalue weighted by Gasteiger charge is 2.15. The van der Waals surface area contributed by atoms with Crippen LogP contribution in [0.3, 0.4) is 0 Å². The van der Waals surface area contributed by atoms with Crippen molar-refractivity contribution in [1.29, 1.82) is 5.26 Å². The monoisotopic (exact) mass is 379 g/mol. The zero-order valence-electron chi connectivity index (χ0n) is 10.6. The summed E-state index contributed by atoms with van der Waals surface area (Å²) >= 11 is 2.04. The topological polar surface area (TPSA) is 70.3 Å². The second kappa shape index (κ2) is 5.92. The first kappa shape index (κ1) is 14.3. The zero-order chi connectivity index (χ0) is 14.7. The highest BCUT2D eigenvalue weighted by molar-refractivity contribution is 14.1. The van der Waals surface area contributed by atoms with Gasteiger partial charge in [-0.2, -0.15) is 5.26 Å². The Balaban J connectivity index is 2.51. The summed E-state index contributed by atoms with van der Waals surface area (Å²) in [4.78, 5) is 11.3. The summed E-state index contributed by atoms with van der Waals surface area (Å²) < 4.78 is 6.48. The van der Waals surface area contributed by atoms with Crippen LogP contribution in [0.1, 0.15) is 21.5 Å². The lowest BCUT2D eigenvalue weighted by molar-refractivity contribution is 0.0694. The lowest BCUT2D eigenvalue weighted by atomic mass is 10.1. The molecule has 2 rings (SSSR count). The van der Waals surface area contributed by atoms with Gasteiger partial charge in [0.15, 0.2) is 0 Å². The predicted molar refractivity (Wildman–Crippen MR) is 82.1 cm³/mol. The molecule has 0 spiro atoms. The Labute approximate surface area is 129 Å². The van der Waals surface area contributed by atoms with Crippen LogP contribution in [0.2, 0.25) is 0 Å². The summed E-state index contributed by atoms with van der Waals surface area (Å²) in [5, 5.41) is 18.3. The largest absolute Gasteiger partial charge is 0.478 e. The summed E-state index contributed by atoms with van der Waals surface area (Å²) in [6.45, 7) is 1.81. The summed E-state index contributed by atoms with van der Waals surface area (Å²) in [7, 11) is 0. The number of nitrogens with zero attached hydrogens (tertiary/aromatic N) is 1. The first-order valence-electron chi connectivity index (χ1n) is 5.73. The summed E-state index contributed by atoms with van der Waals surface area (Å²) in [6.07, 6.45) is 0. The van der Waals surface area contributed by atoms with E-state index in [0.29, 0.717) is 11.3 Å². The minimum absolute atomic E-state index is 0.0732. The van der Waals surface area contributed by atoms with Crippen LogP contribution in [0.15, 0.2) is 36.4 Å². The van der Waals surface area contributed by atoms with Crippen LogP contribution in [-0.4, -0.2) is 11.1 Å².